The molecule has 0 fully saturated rings. The molecule has 1 aliphatic rings. The van der Waals surface area contributed by atoms with Crippen molar-refractivity contribution < 1.29 is 4.79 Å². The Balaban J connectivity index is 2.71. The molecule has 0 atom stereocenters. The first-order chi connectivity index (χ1) is 5.70. The Morgan fingerprint density at radius 2 is 2.08 bits per heavy atom. The summed E-state index contributed by atoms with van der Waals surface area (Å²) >= 11 is 8.03. The van der Waals surface area contributed by atoms with Crippen molar-refractivity contribution in [3.8, 4) is 0 Å². The molecule has 62 valence electrons. The fourth-order valence-corrected chi connectivity index (χ4v) is 2.46. The first-order valence-corrected chi connectivity index (χ1v) is 5.16. The summed E-state index contributed by atoms with van der Waals surface area (Å²) in [7, 11) is 0. The van der Waals surface area contributed by atoms with Crippen molar-refractivity contribution in [1.82, 2.24) is 0 Å². The molecule has 0 N–H and O–H groups in total. The van der Waals surface area contributed by atoms with Gasteiger partial charge in [-0.05, 0) is 40.6 Å². The van der Waals surface area contributed by atoms with Gasteiger partial charge in [0.25, 0.3) is 0 Å². The lowest BCUT2D eigenvalue weighted by molar-refractivity contribution is 0.0994. The molecule has 1 aliphatic carbocycles. The van der Waals surface area contributed by atoms with Crippen LogP contribution < -0.4 is 0 Å². The van der Waals surface area contributed by atoms with Crippen molar-refractivity contribution in [1.29, 1.82) is 0 Å². The maximum atomic E-state index is 11.4. The highest BCUT2D eigenvalue weighted by Crippen LogP contribution is 2.31. The van der Waals surface area contributed by atoms with Gasteiger partial charge in [0.05, 0.1) is 5.02 Å². The predicted molar refractivity (Wildman–Crippen MR) is 56.8 cm³/mol. The maximum Gasteiger partial charge on any atom is 0.164 e. The second-order valence-corrected chi connectivity index (χ2v) is 4.30. The highest BCUT2D eigenvalue weighted by Gasteiger charge is 2.22. The zero-order valence-corrected chi connectivity index (χ0v) is 9.15. The fourth-order valence-electron chi connectivity index (χ4n) is 1.47. The first kappa shape index (κ1) is 8.51. The van der Waals surface area contributed by atoms with Gasteiger partial charge in [0, 0.05) is 15.6 Å². The number of Topliss-reactive ketones (excluding diaryl/α,β-unsaturated/α-hetero) is 1. The van der Waals surface area contributed by atoms with Gasteiger partial charge in [0.15, 0.2) is 5.78 Å². The van der Waals surface area contributed by atoms with Crippen LogP contribution in [0.3, 0.4) is 0 Å². The topological polar surface area (TPSA) is 17.1 Å². The summed E-state index contributed by atoms with van der Waals surface area (Å²) in [5.41, 5.74) is 2.00. The summed E-state index contributed by atoms with van der Waals surface area (Å²) in [5, 5.41) is 0.685. The smallest absolute Gasteiger partial charge is 0.164 e. The third kappa shape index (κ3) is 1.17. The lowest BCUT2D eigenvalue weighted by Crippen LogP contribution is -1.95. The molecule has 0 radical (unpaired) electrons. The van der Waals surface area contributed by atoms with Gasteiger partial charge in [-0.15, -0.1) is 0 Å². The van der Waals surface area contributed by atoms with E-state index in [0.29, 0.717) is 11.4 Å². The summed E-state index contributed by atoms with van der Waals surface area (Å²) < 4.78 is 0.911. The molecule has 0 saturated carbocycles. The van der Waals surface area contributed by atoms with E-state index in [2.05, 4.69) is 22.6 Å². The van der Waals surface area contributed by atoms with Crippen LogP contribution in [0.4, 0.5) is 0 Å². The van der Waals surface area contributed by atoms with E-state index in [4.69, 9.17) is 11.6 Å². The SMILES string of the molecule is O=C1CCc2ccc(Cl)c(I)c21. The lowest BCUT2D eigenvalue weighted by Gasteiger charge is -2.01. The number of carbonyl (C=O) groups is 1. The number of hydrogen-bond donors (Lipinski definition) is 0. The van der Waals surface area contributed by atoms with Crippen molar-refractivity contribution in [3.05, 3.63) is 31.9 Å². The van der Waals surface area contributed by atoms with Crippen molar-refractivity contribution in [2.24, 2.45) is 0 Å². The molecule has 1 aromatic carbocycles. The summed E-state index contributed by atoms with van der Waals surface area (Å²) in [5.74, 6) is 0.233. The summed E-state index contributed by atoms with van der Waals surface area (Å²) in [4.78, 5) is 11.4. The minimum absolute atomic E-state index is 0.233. The van der Waals surface area contributed by atoms with Crippen molar-refractivity contribution in [2.75, 3.05) is 0 Å². The Bertz CT molecular complexity index is 360. The van der Waals surface area contributed by atoms with Gasteiger partial charge >= 0.3 is 0 Å². The zero-order chi connectivity index (χ0) is 8.72. The highest BCUT2D eigenvalue weighted by atomic mass is 127. The van der Waals surface area contributed by atoms with E-state index in [-0.39, 0.29) is 5.78 Å². The Hall–Kier alpha value is -0.0900. The van der Waals surface area contributed by atoms with Gasteiger partial charge in [-0.2, -0.15) is 0 Å². The number of aryl methyl sites for hydroxylation is 1. The summed E-state index contributed by atoms with van der Waals surface area (Å²) in [6, 6.07) is 3.81. The maximum absolute atomic E-state index is 11.4. The second-order valence-electron chi connectivity index (χ2n) is 2.82. The van der Waals surface area contributed by atoms with E-state index < -0.39 is 0 Å². The number of halogens is 2. The molecule has 3 heteroatoms. The second kappa shape index (κ2) is 3.00. The highest BCUT2D eigenvalue weighted by molar-refractivity contribution is 14.1. The average molecular weight is 293 g/mol. The van der Waals surface area contributed by atoms with Crippen LogP contribution in [-0.4, -0.2) is 5.78 Å². The van der Waals surface area contributed by atoms with E-state index >= 15 is 0 Å². The van der Waals surface area contributed by atoms with E-state index in [0.717, 1.165) is 21.1 Å². The quantitative estimate of drug-likeness (QED) is 0.672. The number of fused-ring (bicyclic) bond motifs is 1. The molecule has 0 amide bonds. The Labute approximate surface area is 89.2 Å². The Morgan fingerprint density at radius 3 is 2.83 bits per heavy atom. The molecule has 0 aromatic heterocycles. The van der Waals surface area contributed by atoms with E-state index in [1.54, 1.807) is 0 Å². The van der Waals surface area contributed by atoms with Crippen LogP contribution in [0.25, 0.3) is 0 Å². The lowest BCUT2D eigenvalue weighted by atomic mass is 10.1. The van der Waals surface area contributed by atoms with Crippen LogP contribution >= 0.6 is 34.2 Å². The summed E-state index contributed by atoms with van der Waals surface area (Å²) in [6.45, 7) is 0. The number of benzene rings is 1. The third-order valence-corrected chi connectivity index (χ3v) is 3.84. The molecule has 0 saturated heterocycles. The number of rotatable bonds is 0. The molecule has 0 spiro atoms. The molecule has 12 heavy (non-hydrogen) atoms. The normalized spacial score (nSPS) is 15.0. The molecule has 2 rings (SSSR count). The molecule has 0 bridgehead atoms. The van der Waals surface area contributed by atoms with Crippen LogP contribution in [0.15, 0.2) is 12.1 Å². The molecular weight excluding hydrogens is 286 g/mol. The fraction of sp³-hybridized carbons (Fsp3) is 0.222. The van der Waals surface area contributed by atoms with Crippen LogP contribution in [0, 0.1) is 3.57 Å². The molecule has 0 heterocycles. The van der Waals surface area contributed by atoms with E-state index in [9.17, 15) is 4.79 Å². The summed E-state index contributed by atoms with van der Waals surface area (Å²) in [6.07, 6.45) is 1.52. The minimum Gasteiger partial charge on any atom is -0.294 e. The molecule has 1 aromatic rings. The molecular formula is C9H6ClIO. The van der Waals surface area contributed by atoms with E-state index in [1.807, 2.05) is 12.1 Å². The van der Waals surface area contributed by atoms with Gasteiger partial charge in [-0.3, -0.25) is 4.79 Å². The molecule has 0 aliphatic heterocycles. The number of carbonyl (C=O) groups excluding carboxylic acids is 1. The van der Waals surface area contributed by atoms with Crippen molar-refractivity contribution in [3.63, 3.8) is 0 Å². The third-order valence-electron chi connectivity index (χ3n) is 2.08. The zero-order valence-electron chi connectivity index (χ0n) is 6.23. The first-order valence-electron chi connectivity index (χ1n) is 3.70. The Morgan fingerprint density at radius 1 is 1.33 bits per heavy atom. The largest absolute Gasteiger partial charge is 0.294 e. The van der Waals surface area contributed by atoms with Crippen LogP contribution in [0.5, 0.6) is 0 Å². The van der Waals surface area contributed by atoms with Crippen LogP contribution in [0.2, 0.25) is 5.02 Å². The van der Waals surface area contributed by atoms with Gasteiger partial charge in [0.2, 0.25) is 0 Å². The predicted octanol–water partition coefficient (Wildman–Crippen LogP) is 3.07. The minimum atomic E-state index is 0.233. The van der Waals surface area contributed by atoms with Crippen LogP contribution in [-0.2, 0) is 6.42 Å². The van der Waals surface area contributed by atoms with Gasteiger partial charge in [0.1, 0.15) is 0 Å². The van der Waals surface area contributed by atoms with Crippen LogP contribution in [0.1, 0.15) is 22.3 Å². The van der Waals surface area contributed by atoms with Gasteiger partial charge in [-0.25, -0.2) is 0 Å². The molecule has 1 nitrogen and oxygen atoms in total. The van der Waals surface area contributed by atoms with Crippen molar-refractivity contribution >= 4 is 40.0 Å². The molecule has 0 unspecified atom stereocenters. The average Bonchev–Trinajstić information content (AvgIpc) is 2.41. The van der Waals surface area contributed by atoms with Crippen molar-refractivity contribution in [2.45, 2.75) is 12.8 Å². The van der Waals surface area contributed by atoms with E-state index in [1.165, 1.54) is 0 Å². The number of ketones is 1. The Kier molecular flexibility index (Phi) is 2.12. The van der Waals surface area contributed by atoms with Gasteiger partial charge in [-0.1, -0.05) is 17.7 Å². The monoisotopic (exact) mass is 292 g/mol. The van der Waals surface area contributed by atoms with Gasteiger partial charge < -0.3 is 0 Å². The standard InChI is InChI=1S/C9H6ClIO/c10-6-3-1-5-2-4-7(12)8(5)9(6)11/h1,3H,2,4H2. The number of hydrogen-bond acceptors (Lipinski definition) is 1.